The third-order valence-electron chi connectivity index (χ3n) is 11.3. The van der Waals surface area contributed by atoms with Crippen molar-refractivity contribution in [2.75, 3.05) is 0 Å². The summed E-state index contributed by atoms with van der Waals surface area (Å²) in [6.07, 6.45) is 0. The minimum atomic E-state index is -0.396. The highest BCUT2D eigenvalue weighted by molar-refractivity contribution is 7.99. The predicted octanol–water partition coefficient (Wildman–Crippen LogP) is 13.8. The topological polar surface area (TPSA) is 0 Å². The van der Waals surface area contributed by atoms with Gasteiger partial charge in [0.15, 0.2) is 0 Å². The number of benzene rings is 9. The summed E-state index contributed by atoms with van der Waals surface area (Å²) in [5.74, 6) is 0. The lowest BCUT2D eigenvalue weighted by Crippen LogP contribution is -2.31. The average molecular weight is 677 g/mol. The highest BCUT2D eigenvalue weighted by atomic mass is 32.2. The Balaban J connectivity index is 1.21. The van der Waals surface area contributed by atoms with Crippen molar-refractivity contribution >= 4 is 33.3 Å². The molecule has 11 rings (SSSR count). The molecule has 242 valence electrons. The molecule has 0 saturated carbocycles. The summed E-state index contributed by atoms with van der Waals surface area (Å²) in [7, 11) is 0. The van der Waals surface area contributed by atoms with Crippen LogP contribution in [0.25, 0.3) is 66.1 Å². The third-order valence-corrected chi connectivity index (χ3v) is 12.4. The van der Waals surface area contributed by atoms with Gasteiger partial charge in [-0.15, -0.1) is 0 Å². The first kappa shape index (κ1) is 29.6. The van der Waals surface area contributed by atoms with Gasteiger partial charge in [0.25, 0.3) is 0 Å². The second kappa shape index (κ2) is 11.4. The van der Waals surface area contributed by atoms with Crippen molar-refractivity contribution in [3.8, 4) is 44.5 Å². The summed E-state index contributed by atoms with van der Waals surface area (Å²) in [6, 6.07) is 72.3. The van der Waals surface area contributed by atoms with Gasteiger partial charge in [-0.2, -0.15) is 0 Å². The molecule has 1 spiro atoms. The Morgan fingerprint density at radius 1 is 0.288 bits per heavy atom. The van der Waals surface area contributed by atoms with E-state index in [-0.39, 0.29) is 0 Å². The molecular formula is C51H32S. The van der Waals surface area contributed by atoms with Crippen LogP contribution in [0.3, 0.4) is 0 Å². The number of rotatable bonds is 3. The van der Waals surface area contributed by atoms with Crippen LogP contribution in [-0.2, 0) is 5.41 Å². The van der Waals surface area contributed by atoms with Crippen LogP contribution in [0, 0.1) is 0 Å². The van der Waals surface area contributed by atoms with E-state index in [0.717, 1.165) is 0 Å². The zero-order valence-corrected chi connectivity index (χ0v) is 29.2. The van der Waals surface area contributed by atoms with Crippen molar-refractivity contribution in [2.45, 2.75) is 15.2 Å². The van der Waals surface area contributed by atoms with E-state index in [4.69, 9.17) is 0 Å². The van der Waals surface area contributed by atoms with Crippen LogP contribution >= 0.6 is 11.8 Å². The van der Waals surface area contributed by atoms with Gasteiger partial charge in [0.2, 0.25) is 0 Å². The molecule has 0 aromatic heterocycles. The van der Waals surface area contributed by atoms with E-state index < -0.39 is 5.41 Å². The maximum Gasteiger partial charge on any atom is 0.0735 e. The van der Waals surface area contributed by atoms with Crippen LogP contribution in [0.2, 0.25) is 0 Å². The van der Waals surface area contributed by atoms with Crippen molar-refractivity contribution in [3.63, 3.8) is 0 Å². The fourth-order valence-electron chi connectivity index (χ4n) is 9.07. The zero-order valence-electron chi connectivity index (χ0n) is 28.4. The maximum absolute atomic E-state index is 2.54. The van der Waals surface area contributed by atoms with E-state index in [9.17, 15) is 0 Å². The lowest BCUT2D eigenvalue weighted by atomic mass is 9.67. The normalized spacial score (nSPS) is 13.5. The Labute approximate surface area is 308 Å². The Morgan fingerprint density at radius 3 is 1.46 bits per heavy atom. The van der Waals surface area contributed by atoms with Gasteiger partial charge in [0.05, 0.1) is 5.41 Å². The van der Waals surface area contributed by atoms with Gasteiger partial charge in [-0.3, -0.25) is 0 Å². The standard InChI is InChI=1S/C51H32S/c1-3-15-33(16-4-1)35-27-36(34-17-5-2-6-18-34)29-37(28-35)43-30-38-31-50-48(32-44(38)40-20-8-7-19-39(40)43)51(47-25-13-14-26-49(47)52-50)45-23-11-9-21-41(45)42-22-10-12-24-46(42)51/h1-32H. The Hall–Kier alpha value is -6.15. The first-order valence-electron chi connectivity index (χ1n) is 18.0. The first-order chi connectivity index (χ1) is 25.8. The van der Waals surface area contributed by atoms with Crippen LogP contribution < -0.4 is 0 Å². The maximum atomic E-state index is 2.54. The lowest BCUT2D eigenvalue weighted by Gasteiger charge is -2.40. The molecule has 0 N–H and O–H groups in total. The molecule has 0 radical (unpaired) electrons. The molecule has 1 heterocycles. The lowest BCUT2D eigenvalue weighted by molar-refractivity contribution is 0.724. The summed E-state index contributed by atoms with van der Waals surface area (Å²) >= 11 is 1.91. The van der Waals surface area contributed by atoms with Crippen LogP contribution in [-0.4, -0.2) is 0 Å². The van der Waals surface area contributed by atoms with Gasteiger partial charge in [-0.05, 0) is 131 Å². The summed E-state index contributed by atoms with van der Waals surface area (Å²) in [5, 5.41) is 5.11. The van der Waals surface area contributed by atoms with Crippen molar-refractivity contribution in [1.29, 1.82) is 0 Å². The average Bonchev–Trinajstić information content (AvgIpc) is 3.51. The van der Waals surface area contributed by atoms with Crippen LogP contribution in [0.4, 0.5) is 0 Å². The molecule has 0 unspecified atom stereocenters. The molecule has 0 saturated heterocycles. The molecule has 1 aliphatic heterocycles. The van der Waals surface area contributed by atoms with Crippen LogP contribution in [0.1, 0.15) is 22.3 Å². The molecule has 0 fully saturated rings. The zero-order chi connectivity index (χ0) is 34.2. The highest BCUT2D eigenvalue weighted by Crippen LogP contribution is 2.62. The molecule has 9 aromatic rings. The monoisotopic (exact) mass is 676 g/mol. The van der Waals surface area contributed by atoms with E-state index in [2.05, 4.69) is 194 Å². The second-order valence-corrected chi connectivity index (χ2v) is 15.1. The van der Waals surface area contributed by atoms with E-state index in [1.807, 2.05) is 11.8 Å². The number of fused-ring (bicyclic) bond motifs is 12. The quantitative estimate of drug-likeness (QED) is 0.168. The number of hydrogen-bond acceptors (Lipinski definition) is 1. The molecule has 2 aliphatic rings. The first-order valence-corrected chi connectivity index (χ1v) is 18.8. The van der Waals surface area contributed by atoms with Gasteiger partial charge in [0.1, 0.15) is 0 Å². The van der Waals surface area contributed by atoms with E-state index >= 15 is 0 Å². The molecule has 9 aromatic carbocycles. The summed E-state index contributed by atoms with van der Waals surface area (Å²) in [4.78, 5) is 2.65. The van der Waals surface area contributed by atoms with Gasteiger partial charge < -0.3 is 0 Å². The third kappa shape index (κ3) is 4.24. The molecule has 52 heavy (non-hydrogen) atoms. The van der Waals surface area contributed by atoms with E-state index in [1.165, 1.54) is 98.1 Å². The smallest absolute Gasteiger partial charge is 0.0735 e. The highest BCUT2D eigenvalue weighted by Gasteiger charge is 2.50. The van der Waals surface area contributed by atoms with E-state index in [1.54, 1.807) is 0 Å². The minimum Gasteiger partial charge on any atom is -0.0894 e. The molecule has 0 amide bonds. The van der Waals surface area contributed by atoms with Crippen LogP contribution in [0.15, 0.2) is 204 Å². The van der Waals surface area contributed by atoms with Gasteiger partial charge in [-0.1, -0.05) is 163 Å². The van der Waals surface area contributed by atoms with Crippen LogP contribution in [0.5, 0.6) is 0 Å². The van der Waals surface area contributed by atoms with Crippen molar-refractivity contribution in [2.24, 2.45) is 0 Å². The van der Waals surface area contributed by atoms with Gasteiger partial charge in [-0.25, -0.2) is 0 Å². The summed E-state index contributed by atoms with van der Waals surface area (Å²) in [5.41, 5.74) is 15.1. The SMILES string of the molecule is c1ccc(-c2cc(-c3ccccc3)cc(-c3cc4cc5c(cc4c4ccccc34)C3(c4ccccc4S5)c4ccccc4-c4ccccc43)c2)cc1. The van der Waals surface area contributed by atoms with Crippen molar-refractivity contribution in [1.82, 2.24) is 0 Å². The molecular weight excluding hydrogens is 645 g/mol. The molecule has 0 bridgehead atoms. The molecule has 1 heteroatoms. The largest absolute Gasteiger partial charge is 0.0894 e. The number of hydrogen-bond donors (Lipinski definition) is 0. The van der Waals surface area contributed by atoms with Gasteiger partial charge in [0, 0.05) is 9.79 Å². The van der Waals surface area contributed by atoms with E-state index in [0.29, 0.717) is 0 Å². The fourth-order valence-corrected chi connectivity index (χ4v) is 10.3. The van der Waals surface area contributed by atoms with Gasteiger partial charge >= 0.3 is 0 Å². The molecule has 0 nitrogen and oxygen atoms in total. The summed E-state index contributed by atoms with van der Waals surface area (Å²) < 4.78 is 0. The van der Waals surface area contributed by atoms with Crippen molar-refractivity contribution < 1.29 is 0 Å². The second-order valence-electron chi connectivity index (χ2n) is 14.0. The Morgan fingerprint density at radius 2 is 0.808 bits per heavy atom. The minimum absolute atomic E-state index is 0.396. The summed E-state index contributed by atoms with van der Waals surface area (Å²) in [6.45, 7) is 0. The van der Waals surface area contributed by atoms with Crippen molar-refractivity contribution in [3.05, 3.63) is 216 Å². The molecule has 1 aliphatic carbocycles. The molecule has 0 atom stereocenters. The Bertz CT molecular complexity index is 2760. The predicted molar refractivity (Wildman–Crippen MR) is 219 cm³/mol. The fraction of sp³-hybridized carbons (Fsp3) is 0.0196. The Kier molecular flexibility index (Phi) is 6.50.